The van der Waals surface area contributed by atoms with Crippen LogP contribution in [0, 0.1) is 0 Å². The number of para-hydroxylation sites is 1. The topological polar surface area (TPSA) is 112 Å². The van der Waals surface area contributed by atoms with Gasteiger partial charge in [0.2, 0.25) is 5.91 Å². The van der Waals surface area contributed by atoms with Gasteiger partial charge in [-0.2, -0.15) is 11.8 Å². The van der Waals surface area contributed by atoms with Gasteiger partial charge >= 0.3 is 6.03 Å². The smallest absolute Gasteiger partial charge is 0.315 e. The minimum Gasteiger partial charge on any atom is -0.356 e. The highest BCUT2D eigenvalue weighted by Gasteiger charge is 2.42. The SMILES string of the molecule is O=C(CCCC[C@@H]1SC[C@@H]2NC(=O)N[C@@H]21)NCCCNC(=O)c1cnc2c(S)cccc2c1. The molecule has 2 aliphatic rings. The quantitative estimate of drug-likeness (QED) is 0.201. The molecule has 2 aliphatic heterocycles. The molecule has 2 aromatic rings. The molecule has 176 valence electrons. The van der Waals surface area contributed by atoms with Crippen LogP contribution in [0.25, 0.3) is 10.9 Å². The van der Waals surface area contributed by atoms with Crippen LogP contribution < -0.4 is 21.3 Å². The minimum absolute atomic E-state index is 0.0374. The van der Waals surface area contributed by atoms with Gasteiger partial charge in [-0.25, -0.2) is 4.79 Å². The Balaban J connectivity index is 1.07. The molecule has 2 fully saturated rings. The first-order chi connectivity index (χ1) is 16.0. The van der Waals surface area contributed by atoms with E-state index in [2.05, 4.69) is 38.9 Å². The molecule has 33 heavy (non-hydrogen) atoms. The molecule has 0 bridgehead atoms. The maximum absolute atomic E-state index is 12.4. The van der Waals surface area contributed by atoms with Gasteiger partial charge in [-0.05, 0) is 31.4 Å². The maximum atomic E-state index is 12.4. The van der Waals surface area contributed by atoms with E-state index in [1.807, 2.05) is 30.0 Å². The monoisotopic (exact) mass is 487 g/mol. The molecule has 3 atom stereocenters. The van der Waals surface area contributed by atoms with Crippen LogP contribution in [0.3, 0.4) is 0 Å². The van der Waals surface area contributed by atoms with Crippen molar-refractivity contribution in [2.45, 2.75) is 54.3 Å². The molecule has 0 radical (unpaired) electrons. The van der Waals surface area contributed by atoms with Crippen molar-refractivity contribution in [2.24, 2.45) is 0 Å². The Kier molecular flexibility index (Phi) is 7.97. The third kappa shape index (κ3) is 6.11. The highest BCUT2D eigenvalue weighted by molar-refractivity contribution is 8.00. The lowest BCUT2D eigenvalue weighted by atomic mass is 10.0. The van der Waals surface area contributed by atoms with Crippen LogP contribution >= 0.6 is 24.4 Å². The van der Waals surface area contributed by atoms with Crippen molar-refractivity contribution in [1.82, 2.24) is 26.3 Å². The number of amides is 4. The second-order valence-electron chi connectivity index (χ2n) is 8.40. The van der Waals surface area contributed by atoms with E-state index in [9.17, 15) is 14.4 Å². The first-order valence-corrected chi connectivity index (χ1v) is 12.8. The summed E-state index contributed by atoms with van der Waals surface area (Å²) >= 11 is 6.28. The van der Waals surface area contributed by atoms with Crippen molar-refractivity contribution < 1.29 is 14.4 Å². The molecular formula is C23H29N5O3S2. The van der Waals surface area contributed by atoms with Crippen molar-refractivity contribution >= 4 is 53.1 Å². The molecule has 3 heterocycles. The fourth-order valence-corrected chi connectivity index (χ4v) is 6.07. The Morgan fingerprint density at radius 1 is 1.15 bits per heavy atom. The summed E-state index contributed by atoms with van der Waals surface area (Å²) in [4.78, 5) is 40.9. The predicted octanol–water partition coefficient (Wildman–Crippen LogP) is 2.49. The summed E-state index contributed by atoms with van der Waals surface area (Å²) in [5.74, 6) is 0.815. The summed E-state index contributed by atoms with van der Waals surface area (Å²) in [5.41, 5.74) is 1.28. The zero-order valence-electron chi connectivity index (χ0n) is 18.3. The lowest BCUT2D eigenvalue weighted by Gasteiger charge is -2.16. The molecule has 1 aromatic carbocycles. The van der Waals surface area contributed by atoms with E-state index in [0.717, 1.165) is 40.8 Å². The molecular weight excluding hydrogens is 458 g/mol. The molecule has 0 unspecified atom stereocenters. The predicted molar refractivity (Wildman–Crippen MR) is 133 cm³/mol. The average molecular weight is 488 g/mol. The van der Waals surface area contributed by atoms with Gasteiger partial charge in [0.25, 0.3) is 5.91 Å². The number of fused-ring (bicyclic) bond motifs is 2. The lowest BCUT2D eigenvalue weighted by molar-refractivity contribution is -0.121. The van der Waals surface area contributed by atoms with Crippen LogP contribution in [0.15, 0.2) is 35.4 Å². The van der Waals surface area contributed by atoms with Crippen LogP contribution in [-0.2, 0) is 4.79 Å². The van der Waals surface area contributed by atoms with Gasteiger partial charge in [0.1, 0.15) is 0 Å². The van der Waals surface area contributed by atoms with Crippen LogP contribution in [0.5, 0.6) is 0 Å². The van der Waals surface area contributed by atoms with E-state index in [0.29, 0.717) is 36.7 Å². The summed E-state index contributed by atoms with van der Waals surface area (Å²) in [6.45, 7) is 1.00. The standard InChI is InChI=1S/C23H29N5O3S2/c29-19(8-2-1-7-18-21-16(13-33-18)27-23(31)28-21)24-9-4-10-25-22(30)15-11-14-5-3-6-17(32)20(14)26-12-15/h3,5-6,11-12,16,18,21,32H,1-2,4,7-10,13H2,(H,24,29)(H,25,30)(H2,27,28,31)/t16-,18-,21-/m0/s1. The Labute approximate surface area is 202 Å². The first-order valence-electron chi connectivity index (χ1n) is 11.3. The molecule has 0 spiro atoms. The van der Waals surface area contributed by atoms with Crippen molar-refractivity contribution in [1.29, 1.82) is 0 Å². The summed E-state index contributed by atoms with van der Waals surface area (Å²) < 4.78 is 0. The first kappa shape index (κ1) is 23.7. The van der Waals surface area contributed by atoms with Gasteiger partial charge in [0, 0.05) is 47.0 Å². The van der Waals surface area contributed by atoms with Crippen molar-refractivity contribution in [3.8, 4) is 0 Å². The van der Waals surface area contributed by atoms with Crippen molar-refractivity contribution in [3.05, 3.63) is 36.0 Å². The van der Waals surface area contributed by atoms with Crippen LogP contribution in [-0.4, -0.2) is 59.0 Å². The van der Waals surface area contributed by atoms with Crippen LogP contribution in [0.1, 0.15) is 42.5 Å². The molecule has 10 heteroatoms. The zero-order valence-corrected chi connectivity index (χ0v) is 20.0. The summed E-state index contributed by atoms with van der Waals surface area (Å²) in [6.07, 6.45) is 5.52. The number of thioether (sulfide) groups is 1. The second kappa shape index (κ2) is 11.1. The minimum atomic E-state index is -0.180. The van der Waals surface area contributed by atoms with E-state index in [1.54, 1.807) is 12.3 Å². The number of hydrogen-bond donors (Lipinski definition) is 5. The Bertz CT molecular complexity index is 1030. The number of nitrogens with one attached hydrogen (secondary N) is 4. The third-order valence-electron chi connectivity index (χ3n) is 5.99. The number of thiol groups is 1. The molecule has 0 aliphatic carbocycles. The number of hydrogen-bond acceptors (Lipinski definition) is 6. The number of rotatable bonds is 10. The Morgan fingerprint density at radius 2 is 2.00 bits per heavy atom. The van der Waals surface area contributed by atoms with Crippen molar-refractivity contribution in [2.75, 3.05) is 18.8 Å². The lowest BCUT2D eigenvalue weighted by Crippen LogP contribution is -2.36. The molecule has 8 nitrogen and oxygen atoms in total. The van der Waals surface area contributed by atoms with Gasteiger partial charge in [-0.15, -0.1) is 12.6 Å². The second-order valence-corrected chi connectivity index (χ2v) is 10.2. The maximum Gasteiger partial charge on any atom is 0.315 e. The van der Waals surface area contributed by atoms with Gasteiger partial charge in [0.15, 0.2) is 0 Å². The van der Waals surface area contributed by atoms with E-state index in [-0.39, 0.29) is 29.9 Å². The largest absolute Gasteiger partial charge is 0.356 e. The van der Waals surface area contributed by atoms with E-state index in [4.69, 9.17) is 0 Å². The number of nitrogens with zero attached hydrogens (tertiary/aromatic N) is 1. The molecule has 1 aromatic heterocycles. The summed E-state index contributed by atoms with van der Waals surface area (Å²) in [7, 11) is 0. The molecule has 4 N–H and O–H groups in total. The molecule has 2 saturated heterocycles. The number of carbonyl (C=O) groups is 3. The van der Waals surface area contributed by atoms with Gasteiger partial charge in [0.05, 0.1) is 23.2 Å². The Hall–Kier alpha value is -2.46. The van der Waals surface area contributed by atoms with Crippen LogP contribution in [0.4, 0.5) is 4.79 Å². The summed E-state index contributed by atoms with van der Waals surface area (Å²) in [5, 5.41) is 13.0. The van der Waals surface area contributed by atoms with E-state index >= 15 is 0 Å². The normalized spacial score (nSPS) is 21.4. The summed E-state index contributed by atoms with van der Waals surface area (Å²) in [6, 6.07) is 7.86. The van der Waals surface area contributed by atoms with E-state index < -0.39 is 0 Å². The van der Waals surface area contributed by atoms with Gasteiger partial charge in [-0.3, -0.25) is 14.6 Å². The third-order valence-corrected chi connectivity index (χ3v) is 7.86. The number of aromatic nitrogens is 1. The number of urea groups is 1. The number of benzene rings is 1. The van der Waals surface area contributed by atoms with Gasteiger partial charge in [-0.1, -0.05) is 18.6 Å². The fourth-order valence-electron chi connectivity index (χ4n) is 4.25. The highest BCUT2D eigenvalue weighted by Crippen LogP contribution is 2.33. The fraction of sp³-hybridized carbons (Fsp3) is 0.478. The average Bonchev–Trinajstić information content (AvgIpc) is 3.35. The van der Waals surface area contributed by atoms with Crippen LogP contribution in [0.2, 0.25) is 0 Å². The number of unbranched alkanes of at least 4 members (excludes halogenated alkanes) is 1. The molecule has 4 rings (SSSR count). The molecule has 4 amide bonds. The van der Waals surface area contributed by atoms with Gasteiger partial charge < -0.3 is 21.3 Å². The number of pyridine rings is 1. The Morgan fingerprint density at radius 3 is 2.88 bits per heavy atom. The van der Waals surface area contributed by atoms with E-state index in [1.165, 1.54) is 0 Å². The highest BCUT2D eigenvalue weighted by atomic mass is 32.2. The van der Waals surface area contributed by atoms with Crippen molar-refractivity contribution in [3.63, 3.8) is 0 Å². The number of carbonyl (C=O) groups excluding carboxylic acids is 3. The molecule has 0 saturated carbocycles. The zero-order chi connectivity index (χ0) is 23.2.